The van der Waals surface area contributed by atoms with E-state index in [0.29, 0.717) is 11.5 Å². The molecule has 0 radical (unpaired) electrons. The van der Waals surface area contributed by atoms with E-state index in [0.717, 1.165) is 41.7 Å². The zero-order valence-corrected chi connectivity index (χ0v) is 14.9. The van der Waals surface area contributed by atoms with Crippen LogP contribution in [-0.4, -0.2) is 35.7 Å². The van der Waals surface area contributed by atoms with Gasteiger partial charge in [0.2, 0.25) is 5.91 Å². The number of amides is 1. The summed E-state index contributed by atoms with van der Waals surface area (Å²) < 4.78 is 3.63. The predicted molar refractivity (Wildman–Crippen MR) is 101 cm³/mol. The van der Waals surface area contributed by atoms with Crippen LogP contribution in [0.15, 0.2) is 42.6 Å². The van der Waals surface area contributed by atoms with E-state index in [9.17, 15) is 4.79 Å². The number of anilines is 1. The van der Waals surface area contributed by atoms with Crippen LogP contribution in [0.3, 0.4) is 0 Å². The number of rotatable bonds is 3. The number of aromatic amines is 1. The van der Waals surface area contributed by atoms with E-state index in [1.807, 2.05) is 48.1 Å². The lowest BCUT2D eigenvalue weighted by Gasteiger charge is -2.22. The Bertz CT molecular complexity index is 1120. The maximum atomic E-state index is 13.0. The number of hydrogen-bond donors (Lipinski definition) is 2. The summed E-state index contributed by atoms with van der Waals surface area (Å²) in [6.45, 7) is 0.862. The van der Waals surface area contributed by atoms with E-state index in [-0.39, 0.29) is 11.8 Å². The number of aryl methyl sites for hydroxylation is 2. The van der Waals surface area contributed by atoms with Gasteiger partial charge in [-0.15, -0.1) is 0 Å². The van der Waals surface area contributed by atoms with Crippen LogP contribution >= 0.6 is 0 Å². The Morgan fingerprint density at radius 1 is 1.26 bits per heavy atom. The van der Waals surface area contributed by atoms with Gasteiger partial charge < -0.3 is 5.32 Å². The molecule has 0 bridgehead atoms. The highest BCUT2D eigenvalue weighted by Crippen LogP contribution is 2.33. The molecule has 27 heavy (non-hydrogen) atoms. The molecule has 2 N–H and O–H groups in total. The summed E-state index contributed by atoms with van der Waals surface area (Å²) in [5.74, 6) is 0.319. The van der Waals surface area contributed by atoms with Crippen LogP contribution in [0.1, 0.15) is 24.5 Å². The second-order valence-corrected chi connectivity index (χ2v) is 6.80. The van der Waals surface area contributed by atoms with E-state index in [1.165, 1.54) is 0 Å². The summed E-state index contributed by atoms with van der Waals surface area (Å²) in [4.78, 5) is 13.0. The maximum absolute atomic E-state index is 13.0. The minimum atomic E-state index is -0.212. The van der Waals surface area contributed by atoms with Gasteiger partial charge in [-0.1, -0.05) is 30.3 Å². The van der Waals surface area contributed by atoms with Crippen molar-refractivity contribution >= 4 is 22.8 Å². The molecule has 5 rings (SSSR count). The molecular weight excluding hydrogens is 342 g/mol. The lowest BCUT2D eigenvalue weighted by atomic mass is 9.95. The molecule has 136 valence electrons. The van der Waals surface area contributed by atoms with Crippen LogP contribution in [0.4, 0.5) is 5.82 Å². The summed E-state index contributed by atoms with van der Waals surface area (Å²) in [5.41, 5.74) is 3.45. The summed E-state index contributed by atoms with van der Waals surface area (Å²) in [6, 6.07) is 11.8. The summed E-state index contributed by atoms with van der Waals surface area (Å²) in [5, 5.41) is 20.1. The summed E-state index contributed by atoms with van der Waals surface area (Å²) in [7, 11) is 1.85. The molecule has 1 aromatic carbocycles. The van der Waals surface area contributed by atoms with Crippen LogP contribution in [0.25, 0.3) is 22.3 Å². The molecule has 1 amide bonds. The van der Waals surface area contributed by atoms with Gasteiger partial charge in [0.1, 0.15) is 11.5 Å². The third kappa shape index (κ3) is 2.52. The first-order chi connectivity index (χ1) is 13.2. The number of carbonyl (C=O) groups excluding carboxylic acids is 1. The molecule has 0 fully saturated rings. The number of aromatic nitrogens is 6. The molecule has 8 nitrogen and oxygen atoms in total. The van der Waals surface area contributed by atoms with Gasteiger partial charge in [-0.3, -0.25) is 14.6 Å². The van der Waals surface area contributed by atoms with Gasteiger partial charge in [0.05, 0.1) is 17.0 Å². The third-order valence-electron chi connectivity index (χ3n) is 5.12. The van der Waals surface area contributed by atoms with Gasteiger partial charge in [0.15, 0.2) is 5.65 Å². The highest BCUT2D eigenvalue weighted by molar-refractivity contribution is 6.06. The second kappa shape index (κ2) is 6.08. The monoisotopic (exact) mass is 361 g/mol. The Kier molecular flexibility index (Phi) is 3.56. The van der Waals surface area contributed by atoms with Gasteiger partial charge in [-0.25, -0.2) is 4.68 Å². The van der Waals surface area contributed by atoms with Crippen molar-refractivity contribution in [3.8, 4) is 11.3 Å². The SMILES string of the molecule is Cn1nc(-c2ccccc2)c2c(NC(=O)C3CCCn4nccc43)[nH]nc21. The van der Waals surface area contributed by atoms with Crippen molar-refractivity contribution in [3.63, 3.8) is 0 Å². The minimum absolute atomic E-state index is 0.0511. The number of benzene rings is 1. The third-order valence-corrected chi connectivity index (χ3v) is 5.12. The fourth-order valence-corrected chi connectivity index (χ4v) is 3.82. The number of nitrogens with zero attached hydrogens (tertiary/aromatic N) is 5. The number of H-pyrrole nitrogens is 1. The number of hydrogen-bond acceptors (Lipinski definition) is 4. The first kappa shape index (κ1) is 15.8. The van der Waals surface area contributed by atoms with Gasteiger partial charge in [0, 0.05) is 25.4 Å². The van der Waals surface area contributed by atoms with Crippen molar-refractivity contribution in [3.05, 3.63) is 48.3 Å². The van der Waals surface area contributed by atoms with Crippen molar-refractivity contribution < 1.29 is 4.79 Å². The normalized spacial score (nSPS) is 16.4. The zero-order chi connectivity index (χ0) is 18.4. The van der Waals surface area contributed by atoms with E-state index in [4.69, 9.17) is 0 Å². The fourth-order valence-electron chi connectivity index (χ4n) is 3.82. The standard InChI is InChI=1S/C19H19N7O/c1-25-18-15(16(24-25)12-6-3-2-4-7-12)17(22-23-18)21-19(27)13-8-5-11-26-14(13)9-10-20-26/h2-4,6-7,9-10,13H,5,8,11H2,1H3,(H2,21,22,23,27). The number of nitrogens with one attached hydrogen (secondary N) is 2. The van der Waals surface area contributed by atoms with Gasteiger partial charge in [-0.2, -0.15) is 15.3 Å². The molecule has 3 aromatic heterocycles. The zero-order valence-electron chi connectivity index (χ0n) is 14.9. The lowest BCUT2D eigenvalue weighted by Crippen LogP contribution is -2.27. The smallest absolute Gasteiger partial charge is 0.234 e. The quantitative estimate of drug-likeness (QED) is 0.587. The molecule has 4 heterocycles. The number of carbonyl (C=O) groups is 1. The topological polar surface area (TPSA) is 93.4 Å². The van der Waals surface area contributed by atoms with Gasteiger partial charge in [-0.05, 0) is 18.9 Å². The Hall–Kier alpha value is -3.42. The Morgan fingerprint density at radius 3 is 2.96 bits per heavy atom. The molecule has 1 unspecified atom stereocenters. The number of fused-ring (bicyclic) bond motifs is 2. The predicted octanol–water partition coefficient (Wildman–Crippen LogP) is 2.68. The van der Waals surface area contributed by atoms with E-state index in [2.05, 4.69) is 25.7 Å². The largest absolute Gasteiger partial charge is 0.310 e. The van der Waals surface area contributed by atoms with Crippen molar-refractivity contribution in [1.82, 2.24) is 29.8 Å². The molecule has 0 saturated carbocycles. The maximum Gasteiger partial charge on any atom is 0.234 e. The average molecular weight is 361 g/mol. The molecule has 8 heteroatoms. The molecule has 1 aliphatic rings. The van der Waals surface area contributed by atoms with E-state index in [1.54, 1.807) is 10.9 Å². The van der Waals surface area contributed by atoms with Crippen LogP contribution < -0.4 is 5.32 Å². The summed E-state index contributed by atoms with van der Waals surface area (Å²) in [6.07, 6.45) is 3.50. The van der Waals surface area contributed by atoms with Crippen LogP contribution in [0, 0.1) is 0 Å². The fraction of sp³-hybridized carbons (Fsp3) is 0.263. The molecule has 0 spiro atoms. The first-order valence-corrected chi connectivity index (χ1v) is 9.01. The van der Waals surface area contributed by atoms with Gasteiger partial charge in [0.25, 0.3) is 0 Å². The van der Waals surface area contributed by atoms with Crippen LogP contribution in [0.2, 0.25) is 0 Å². The van der Waals surface area contributed by atoms with Crippen molar-refractivity contribution in [2.75, 3.05) is 5.32 Å². The highest BCUT2D eigenvalue weighted by atomic mass is 16.2. The van der Waals surface area contributed by atoms with Crippen LogP contribution in [-0.2, 0) is 18.4 Å². The minimum Gasteiger partial charge on any atom is -0.310 e. The Labute approximate surface area is 155 Å². The molecule has 1 atom stereocenters. The first-order valence-electron chi connectivity index (χ1n) is 9.01. The van der Waals surface area contributed by atoms with Crippen LogP contribution in [0.5, 0.6) is 0 Å². The molecular formula is C19H19N7O. The average Bonchev–Trinajstić information content (AvgIpc) is 3.40. The summed E-state index contributed by atoms with van der Waals surface area (Å²) >= 11 is 0. The molecule has 1 aliphatic heterocycles. The van der Waals surface area contributed by atoms with Crippen molar-refractivity contribution in [2.45, 2.75) is 25.3 Å². The van der Waals surface area contributed by atoms with Crippen molar-refractivity contribution in [2.24, 2.45) is 7.05 Å². The Balaban J connectivity index is 1.52. The molecule has 4 aromatic rings. The molecule has 0 saturated heterocycles. The Morgan fingerprint density at radius 2 is 2.11 bits per heavy atom. The van der Waals surface area contributed by atoms with Crippen molar-refractivity contribution in [1.29, 1.82) is 0 Å². The van der Waals surface area contributed by atoms with Gasteiger partial charge >= 0.3 is 0 Å². The molecule has 0 aliphatic carbocycles. The lowest BCUT2D eigenvalue weighted by molar-refractivity contribution is -0.118. The highest BCUT2D eigenvalue weighted by Gasteiger charge is 2.29. The van der Waals surface area contributed by atoms with E-state index >= 15 is 0 Å². The second-order valence-electron chi connectivity index (χ2n) is 6.80. The van der Waals surface area contributed by atoms with E-state index < -0.39 is 0 Å².